The molecule has 4 aromatic carbocycles. The van der Waals surface area contributed by atoms with Gasteiger partial charge in [-0.25, -0.2) is 0 Å². The van der Waals surface area contributed by atoms with Gasteiger partial charge < -0.3 is 0 Å². The molecule has 0 amide bonds. The van der Waals surface area contributed by atoms with Crippen molar-refractivity contribution in [3.05, 3.63) is 107 Å². The fourth-order valence-corrected chi connectivity index (χ4v) is 4.89. The molecular formula is C32H37P. The van der Waals surface area contributed by atoms with Crippen molar-refractivity contribution in [2.24, 2.45) is 0 Å². The molecular weight excluding hydrogens is 415 g/mol. The molecule has 4 aromatic rings. The fourth-order valence-electron chi connectivity index (χ4n) is 4.41. The van der Waals surface area contributed by atoms with E-state index in [1.165, 1.54) is 55.6 Å². The van der Waals surface area contributed by atoms with Gasteiger partial charge >= 0.3 is 0 Å². The third-order valence-electron chi connectivity index (χ3n) is 6.22. The largest absolute Gasteiger partial charge is 0.122 e. The topological polar surface area (TPSA) is 0 Å². The third kappa shape index (κ3) is 4.83. The van der Waals surface area contributed by atoms with E-state index < -0.39 is 0 Å². The molecule has 0 saturated carbocycles. The molecule has 0 saturated heterocycles. The molecule has 0 fully saturated rings. The van der Waals surface area contributed by atoms with Gasteiger partial charge in [0, 0.05) is 5.16 Å². The minimum atomic E-state index is -0.0912. The Morgan fingerprint density at radius 2 is 0.788 bits per heavy atom. The van der Waals surface area contributed by atoms with E-state index in [1.807, 2.05) is 27.7 Å². The molecule has 1 aliphatic rings. The second kappa shape index (κ2) is 10.5. The SMILES string of the molecule is CC.CC.Cc1ccc(-c2ccc3c(c2)C(C)(P)c2cc(-c4ccc(C)cc4)ccc2-3)cc1. The molecule has 1 heteroatoms. The van der Waals surface area contributed by atoms with Crippen LogP contribution in [0.4, 0.5) is 0 Å². The van der Waals surface area contributed by atoms with E-state index in [0.29, 0.717) is 0 Å². The summed E-state index contributed by atoms with van der Waals surface area (Å²) in [4.78, 5) is 0. The Labute approximate surface area is 203 Å². The lowest BCUT2D eigenvalue weighted by Crippen LogP contribution is -2.10. The number of rotatable bonds is 2. The first-order valence-corrected chi connectivity index (χ1v) is 12.7. The lowest BCUT2D eigenvalue weighted by Gasteiger charge is -2.22. The van der Waals surface area contributed by atoms with Crippen LogP contribution in [0.3, 0.4) is 0 Å². The van der Waals surface area contributed by atoms with Crippen molar-refractivity contribution in [1.82, 2.24) is 0 Å². The van der Waals surface area contributed by atoms with Gasteiger partial charge in [-0.05, 0) is 77.4 Å². The molecule has 0 heterocycles. The highest BCUT2D eigenvalue weighted by molar-refractivity contribution is 7.19. The number of aryl methyl sites for hydroxylation is 2. The van der Waals surface area contributed by atoms with E-state index in [4.69, 9.17) is 0 Å². The summed E-state index contributed by atoms with van der Waals surface area (Å²) in [5.41, 5.74) is 13.2. The summed E-state index contributed by atoms with van der Waals surface area (Å²) in [5.74, 6) is 0. The van der Waals surface area contributed by atoms with Crippen molar-refractivity contribution in [3.8, 4) is 33.4 Å². The molecule has 33 heavy (non-hydrogen) atoms. The van der Waals surface area contributed by atoms with Gasteiger partial charge in [0.2, 0.25) is 0 Å². The Bertz CT molecular complexity index is 1120. The molecule has 1 unspecified atom stereocenters. The van der Waals surface area contributed by atoms with Gasteiger partial charge in [-0.15, -0.1) is 9.24 Å². The quantitative estimate of drug-likeness (QED) is 0.265. The summed E-state index contributed by atoms with van der Waals surface area (Å²) in [6, 6.07) is 31.5. The zero-order valence-electron chi connectivity index (χ0n) is 21.2. The molecule has 0 N–H and O–H groups in total. The Balaban J connectivity index is 0.000000728. The first-order valence-electron chi connectivity index (χ1n) is 12.2. The van der Waals surface area contributed by atoms with Crippen LogP contribution in [0.15, 0.2) is 84.9 Å². The highest BCUT2D eigenvalue weighted by Gasteiger charge is 2.36. The second-order valence-corrected chi connectivity index (χ2v) is 9.61. The molecule has 0 aliphatic heterocycles. The highest BCUT2D eigenvalue weighted by atomic mass is 31.0. The smallest absolute Gasteiger partial charge is 0.0329 e. The van der Waals surface area contributed by atoms with Gasteiger partial charge in [0.1, 0.15) is 0 Å². The minimum Gasteiger partial charge on any atom is -0.122 e. The summed E-state index contributed by atoms with van der Waals surface area (Å²) in [5, 5.41) is -0.0912. The van der Waals surface area contributed by atoms with E-state index >= 15 is 0 Å². The summed E-state index contributed by atoms with van der Waals surface area (Å²) < 4.78 is 0. The molecule has 1 atom stereocenters. The van der Waals surface area contributed by atoms with Crippen molar-refractivity contribution in [3.63, 3.8) is 0 Å². The second-order valence-electron chi connectivity index (χ2n) is 8.46. The minimum absolute atomic E-state index is 0.0912. The standard InChI is InChI=1S/C28H25P.2C2H6/c1-18-4-8-20(9-5-18)22-12-14-24-25-15-13-23(21-10-6-19(2)7-11-21)17-27(25)28(3,29)26(24)16-22;2*1-2/h4-17H,29H2,1-3H3;2*1-2H3. The summed E-state index contributed by atoms with van der Waals surface area (Å²) >= 11 is 0. The molecule has 0 nitrogen and oxygen atoms in total. The highest BCUT2D eigenvalue weighted by Crippen LogP contribution is 2.54. The van der Waals surface area contributed by atoms with Gasteiger partial charge in [-0.2, -0.15) is 0 Å². The Hall–Kier alpha value is -2.69. The molecule has 170 valence electrons. The normalized spacial score (nSPS) is 12.5. The zero-order valence-corrected chi connectivity index (χ0v) is 22.3. The van der Waals surface area contributed by atoms with Crippen LogP contribution in [0.25, 0.3) is 33.4 Å². The van der Waals surface area contributed by atoms with Crippen LogP contribution in [-0.4, -0.2) is 0 Å². The average molecular weight is 453 g/mol. The van der Waals surface area contributed by atoms with Gasteiger partial charge in [0.05, 0.1) is 0 Å². The van der Waals surface area contributed by atoms with Crippen molar-refractivity contribution < 1.29 is 0 Å². The maximum absolute atomic E-state index is 3.12. The average Bonchev–Trinajstić information content (AvgIpc) is 3.08. The van der Waals surface area contributed by atoms with Crippen LogP contribution in [0.5, 0.6) is 0 Å². The molecule has 0 radical (unpaired) electrons. The number of fused-ring (bicyclic) bond motifs is 3. The molecule has 0 aromatic heterocycles. The fraction of sp³-hybridized carbons (Fsp3) is 0.250. The number of hydrogen-bond acceptors (Lipinski definition) is 0. The van der Waals surface area contributed by atoms with Crippen molar-refractivity contribution in [2.45, 2.75) is 53.6 Å². The summed E-state index contributed by atoms with van der Waals surface area (Å²) in [7, 11) is 3.12. The molecule has 5 rings (SSSR count). The predicted octanol–water partition coefficient (Wildman–Crippen LogP) is 9.81. The van der Waals surface area contributed by atoms with Gasteiger partial charge in [-0.3, -0.25) is 0 Å². The Morgan fingerprint density at radius 3 is 1.12 bits per heavy atom. The number of hydrogen-bond donors (Lipinski definition) is 0. The summed E-state index contributed by atoms with van der Waals surface area (Å²) in [6.45, 7) is 14.6. The molecule has 0 bridgehead atoms. The van der Waals surface area contributed by atoms with Crippen molar-refractivity contribution in [2.75, 3.05) is 0 Å². The van der Waals surface area contributed by atoms with E-state index in [9.17, 15) is 0 Å². The molecule has 0 spiro atoms. The van der Waals surface area contributed by atoms with E-state index in [1.54, 1.807) is 0 Å². The van der Waals surface area contributed by atoms with Crippen LogP contribution in [0.1, 0.15) is 56.9 Å². The predicted molar refractivity (Wildman–Crippen MR) is 151 cm³/mol. The van der Waals surface area contributed by atoms with Crippen LogP contribution in [0.2, 0.25) is 0 Å². The van der Waals surface area contributed by atoms with Crippen LogP contribution in [-0.2, 0) is 5.16 Å². The Kier molecular flexibility index (Phi) is 7.93. The van der Waals surface area contributed by atoms with Gasteiger partial charge in [-0.1, -0.05) is 112 Å². The lowest BCUT2D eigenvalue weighted by atomic mass is 9.93. The first-order chi connectivity index (χ1) is 15.9. The van der Waals surface area contributed by atoms with Gasteiger partial charge in [0.25, 0.3) is 0 Å². The van der Waals surface area contributed by atoms with Gasteiger partial charge in [0.15, 0.2) is 0 Å². The maximum Gasteiger partial charge on any atom is 0.0329 e. The van der Waals surface area contributed by atoms with E-state index in [2.05, 4.69) is 115 Å². The molecule has 1 aliphatic carbocycles. The monoisotopic (exact) mass is 452 g/mol. The van der Waals surface area contributed by atoms with Crippen LogP contribution < -0.4 is 0 Å². The van der Waals surface area contributed by atoms with Crippen molar-refractivity contribution >= 4 is 9.24 Å². The van der Waals surface area contributed by atoms with E-state index in [-0.39, 0.29) is 5.16 Å². The van der Waals surface area contributed by atoms with E-state index in [0.717, 1.165) is 0 Å². The maximum atomic E-state index is 3.12. The first kappa shape index (κ1) is 24.9. The number of benzene rings is 4. The summed E-state index contributed by atoms with van der Waals surface area (Å²) in [6.07, 6.45) is 0. The van der Waals surface area contributed by atoms with Crippen LogP contribution >= 0.6 is 9.24 Å². The lowest BCUT2D eigenvalue weighted by molar-refractivity contribution is 0.870. The van der Waals surface area contributed by atoms with Crippen molar-refractivity contribution in [1.29, 1.82) is 0 Å². The Morgan fingerprint density at radius 1 is 0.485 bits per heavy atom. The van der Waals surface area contributed by atoms with Crippen LogP contribution in [0, 0.1) is 13.8 Å². The zero-order chi connectivity index (χ0) is 24.2. The third-order valence-corrected chi connectivity index (χ3v) is 6.84.